The number of nitrogens with zero attached hydrogens (tertiary/aromatic N) is 3. The summed E-state index contributed by atoms with van der Waals surface area (Å²) in [6, 6.07) is 19.1. The van der Waals surface area contributed by atoms with E-state index in [-0.39, 0.29) is 30.3 Å². The molecule has 0 atom stereocenters. The first kappa shape index (κ1) is 23.0. The van der Waals surface area contributed by atoms with Crippen molar-refractivity contribution in [3.05, 3.63) is 78.0 Å². The van der Waals surface area contributed by atoms with Gasteiger partial charge in [-0.1, -0.05) is 36.4 Å². The molecule has 2 heterocycles. The Balaban J connectivity index is 1.50. The number of carbonyl (C=O) groups is 2. The van der Waals surface area contributed by atoms with Gasteiger partial charge in [-0.15, -0.1) is 0 Å². The summed E-state index contributed by atoms with van der Waals surface area (Å²) in [5.74, 6) is 0.681. The van der Waals surface area contributed by atoms with Gasteiger partial charge < -0.3 is 14.8 Å². The summed E-state index contributed by atoms with van der Waals surface area (Å²) in [6.45, 7) is 4.30. The lowest BCUT2D eigenvalue weighted by Gasteiger charge is -2.12. The minimum atomic E-state index is -0.562. The number of hydrogen-bond acceptors (Lipinski definition) is 6. The van der Waals surface area contributed by atoms with Gasteiger partial charge in [-0.2, -0.15) is 9.78 Å². The van der Waals surface area contributed by atoms with Crippen LogP contribution in [0.5, 0.6) is 5.75 Å². The molecule has 0 aliphatic carbocycles. The van der Waals surface area contributed by atoms with Crippen LogP contribution in [0.3, 0.4) is 0 Å². The van der Waals surface area contributed by atoms with Gasteiger partial charge in [0.2, 0.25) is 5.91 Å². The Bertz CT molecular complexity index is 1320. The van der Waals surface area contributed by atoms with E-state index >= 15 is 0 Å². The van der Waals surface area contributed by atoms with E-state index in [9.17, 15) is 9.59 Å². The van der Waals surface area contributed by atoms with Crippen LogP contribution < -0.4 is 10.1 Å². The van der Waals surface area contributed by atoms with Crippen molar-refractivity contribution in [2.75, 3.05) is 18.5 Å². The highest BCUT2D eigenvalue weighted by atomic mass is 16.5. The number of para-hydroxylation sites is 2. The SMILES string of the molecule is CCOC(=O)c1cnn(-c2ccc3ccccc3n2)c1NC(=O)CCCOc1ccccc1C. The molecule has 4 aromatic rings. The zero-order chi connectivity index (χ0) is 23.9. The molecule has 1 amide bonds. The maximum Gasteiger partial charge on any atom is 0.343 e. The molecule has 4 rings (SSSR count). The van der Waals surface area contributed by atoms with Crippen LogP contribution in [0.25, 0.3) is 16.7 Å². The molecule has 2 aromatic heterocycles. The molecule has 0 fully saturated rings. The second-order valence-electron chi connectivity index (χ2n) is 7.67. The van der Waals surface area contributed by atoms with Crippen LogP contribution in [0.4, 0.5) is 5.82 Å². The van der Waals surface area contributed by atoms with Crippen molar-refractivity contribution in [3.63, 3.8) is 0 Å². The van der Waals surface area contributed by atoms with E-state index in [2.05, 4.69) is 15.4 Å². The number of benzene rings is 2. The zero-order valence-electron chi connectivity index (χ0n) is 19.2. The molecule has 8 nitrogen and oxygen atoms in total. The van der Waals surface area contributed by atoms with Gasteiger partial charge in [-0.05, 0) is 50.1 Å². The van der Waals surface area contributed by atoms with Crippen LogP contribution >= 0.6 is 0 Å². The molecule has 0 saturated carbocycles. The Labute approximate surface area is 197 Å². The summed E-state index contributed by atoms with van der Waals surface area (Å²) in [6.07, 6.45) is 2.10. The van der Waals surface area contributed by atoms with E-state index < -0.39 is 5.97 Å². The van der Waals surface area contributed by atoms with Crippen LogP contribution in [0.2, 0.25) is 0 Å². The van der Waals surface area contributed by atoms with Crippen molar-refractivity contribution in [3.8, 4) is 11.6 Å². The second-order valence-corrected chi connectivity index (χ2v) is 7.67. The summed E-state index contributed by atoms with van der Waals surface area (Å²) < 4.78 is 12.4. The number of rotatable bonds is 9. The number of anilines is 1. The fourth-order valence-electron chi connectivity index (χ4n) is 3.50. The molecule has 0 aliphatic rings. The summed E-state index contributed by atoms with van der Waals surface area (Å²) in [5, 5.41) is 8.10. The number of esters is 1. The lowest BCUT2D eigenvalue weighted by molar-refractivity contribution is -0.116. The molecule has 0 bridgehead atoms. The molecule has 1 N–H and O–H groups in total. The first-order chi connectivity index (χ1) is 16.6. The number of fused-ring (bicyclic) bond motifs is 1. The van der Waals surface area contributed by atoms with Crippen LogP contribution in [0.1, 0.15) is 35.7 Å². The highest BCUT2D eigenvalue weighted by Crippen LogP contribution is 2.23. The zero-order valence-corrected chi connectivity index (χ0v) is 19.2. The molecular weight excluding hydrogens is 432 g/mol. The largest absolute Gasteiger partial charge is 0.493 e. The van der Waals surface area contributed by atoms with E-state index in [1.54, 1.807) is 13.0 Å². The molecule has 34 heavy (non-hydrogen) atoms. The molecule has 0 spiro atoms. The third kappa shape index (κ3) is 5.23. The highest BCUT2D eigenvalue weighted by molar-refractivity contribution is 6.00. The quantitative estimate of drug-likeness (QED) is 0.288. The van der Waals surface area contributed by atoms with Crippen molar-refractivity contribution < 1.29 is 19.1 Å². The summed E-state index contributed by atoms with van der Waals surface area (Å²) in [4.78, 5) is 29.8. The van der Waals surface area contributed by atoms with E-state index in [0.29, 0.717) is 18.8 Å². The van der Waals surface area contributed by atoms with E-state index in [1.807, 2.05) is 61.5 Å². The number of amides is 1. The summed E-state index contributed by atoms with van der Waals surface area (Å²) in [5.41, 5.74) is 1.98. The Morgan fingerprint density at radius 2 is 1.82 bits per heavy atom. The van der Waals surface area contributed by atoms with Crippen molar-refractivity contribution in [2.45, 2.75) is 26.7 Å². The standard InChI is InChI=1S/C26H26N4O4/c1-3-33-26(32)20-17-27-30(23-15-14-19-10-5-6-11-21(19)28-23)25(20)29-24(31)13-8-16-34-22-12-7-4-9-18(22)2/h4-7,9-12,14-15,17H,3,8,13,16H2,1-2H3,(H,29,31). The average Bonchev–Trinajstić information content (AvgIpc) is 3.26. The number of hydrogen-bond donors (Lipinski definition) is 1. The van der Waals surface area contributed by atoms with Crippen molar-refractivity contribution in [2.24, 2.45) is 0 Å². The molecular formula is C26H26N4O4. The van der Waals surface area contributed by atoms with Gasteiger partial charge in [0.05, 0.1) is 24.9 Å². The molecule has 0 radical (unpaired) electrons. The lowest BCUT2D eigenvalue weighted by atomic mass is 10.2. The van der Waals surface area contributed by atoms with Gasteiger partial charge in [0.15, 0.2) is 11.6 Å². The van der Waals surface area contributed by atoms with Gasteiger partial charge in [-0.25, -0.2) is 9.78 Å². The van der Waals surface area contributed by atoms with Crippen molar-refractivity contribution in [1.29, 1.82) is 0 Å². The monoisotopic (exact) mass is 458 g/mol. The average molecular weight is 459 g/mol. The number of carbonyl (C=O) groups excluding carboxylic acids is 2. The predicted molar refractivity (Wildman–Crippen MR) is 129 cm³/mol. The maximum absolute atomic E-state index is 12.7. The Kier molecular flexibility index (Phi) is 7.17. The van der Waals surface area contributed by atoms with Crippen LogP contribution in [-0.4, -0.2) is 39.9 Å². The fourth-order valence-corrected chi connectivity index (χ4v) is 3.50. The minimum absolute atomic E-state index is 0.168. The summed E-state index contributed by atoms with van der Waals surface area (Å²) in [7, 11) is 0. The van der Waals surface area contributed by atoms with Gasteiger partial charge in [0.1, 0.15) is 11.3 Å². The molecule has 174 valence electrons. The first-order valence-corrected chi connectivity index (χ1v) is 11.2. The molecule has 8 heteroatoms. The van der Waals surface area contributed by atoms with Gasteiger partial charge in [-0.3, -0.25) is 4.79 Å². The molecule has 0 aliphatic heterocycles. The third-order valence-corrected chi connectivity index (χ3v) is 5.22. The Morgan fingerprint density at radius 1 is 1.03 bits per heavy atom. The number of ether oxygens (including phenoxy) is 2. The maximum atomic E-state index is 12.7. The van der Waals surface area contributed by atoms with Crippen LogP contribution in [-0.2, 0) is 9.53 Å². The third-order valence-electron chi connectivity index (χ3n) is 5.22. The Hall–Kier alpha value is -4.20. The molecule has 0 unspecified atom stereocenters. The van der Waals surface area contributed by atoms with Gasteiger partial charge in [0.25, 0.3) is 0 Å². The van der Waals surface area contributed by atoms with Gasteiger partial charge >= 0.3 is 5.97 Å². The number of aromatic nitrogens is 3. The molecule has 2 aromatic carbocycles. The number of aryl methyl sites for hydroxylation is 1. The topological polar surface area (TPSA) is 95.3 Å². The van der Waals surface area contributed by atoms with E-state index in [4.69, 9.17) is 9.47 Å². The normalized spacial score (nSPS) is 10.8. The fraction of sp³-hybridized carbons (Fsp3) is 0.231. The second kappa shape index (κ2) is 10.6. The smallest absolute Gasteiger partial charge is 0.343 e. The van der Waals surface area contributed by atoms with E-state index in [1.165, 1.54) is 10.9 Å². The van der Waals surface area contributed by atoms with Crippen LogP contribution in [0.15, 0.2) is 66.9 Å². The predicted octanol–water partition coefficient (Wildman–Crippen LogP) is 4.70. The van der Waals surface area contributed by atoms with Crippen LogP contribution in [0, 0.1) is 6.92 Å². The van der Waals surface area contributed by atoms with Crippen molar-refractivity contribution >= 4 is 28.6 Å². The lowest BCUT2D eigenvalue weighted by Crippen LogP contribution is -2.18. The van der Waals surface area contributed by atoms with E-state index in [0.717, 1.165) is 22.2 Å². The number of pyridine rings is 1. The van der Waals surface area contributed by atoms with Crippen molar-refractivity contribution in [1.82, 2.24) is 14.8 Å². The summed E-state index contributed by atoms with van der Waals surface area (Å²) >= 11 is 0. The van der Waals surface area contributed by atoms with Gasteiger partial charge in [0, 0.05) is 11.8 Å². The first-order valence-electron chi connectivity index (χ1n) is 11.2. The highest BCUT2D eigenvalue weighted by Gasteiger charge is 2.22. The number of nitrogens with one attached hydrogen (secondary N) is 1. The molecule has 0 saturated heterocycles. The Morgan fingerprint density at radius 3 is 2.65 bits per heavy atom. The minimum Gasteiger partial charge on any atom is -0.493 e.